The van der Waals surface area contributed by atoms with Gasteiger partial charge in [-0.05, 0) is 24.6 Å². The Hall–Kier alpha value is -1.26. The van der Waals surface area contributed by atoms with E-state index in [1.54, 1.807) is 12.1 Å². The SMILES string of the molecule is Cc1ccc(Cl)cc1N1CCOCC1C(=O)O. The lowest BCUT2D eigenvalue weighted by molar-refractivity contribution is -0.141. The van der Waals surface area contributed by atoms with Gasteiger partial charge >= 0.3 is 5.97 Å². The van der Waals surface area contributed by atoms with Crippen LogP contribution in [0.2, 0.25) is 5.02 Å². The van der Waals surface area contributed by atoms with Crippen LogP contribution in [0.3, 0.4) is 0 Å². The van der Waals surface area contributed by atoms with Crippen molar-refractivity contribution in [3.8, 4) is 0 Å². The quantitative estimate of drug-likeness (QED) is 0.878. The molecule has 0 bridgehead atoms. The van der Waals surface area contributed by atoms with Crippen LogP contribution in [-0.2, 0) is 9.53 Å². The molecule has 0 radical (unpaired) electrons. The number of rotatable bonds is 2. The Morgan fingerprint density at radius 1 is 1.59 bits per heavy atom. The number of aryl methyl sites for hydroxylation is 1. The minimum atomic E-state index is -0.871. The third-order valence-corrected chi connectivity index (χ3v) is 3.13. The number of ether oxygens (including phenoxy) is 1. The van der Waals surface area contributed by atoms with Gasteiger partial charge in [0.2, 0.25) is 0 Å². The van der Waals surface area contributed by atoms with Crippen LogP contribution in [0.4, 0.5) is 5.69 Å². The number of hydrogen-bond donors (Lipinski definition) is 1. The summed E-state index contributed by atoms with van der Waals surface area (Å²) in [5, 5.41) is 9.79. The van der Waals surface area contributed by atoms with Crippen LogP contribution in [0.5, 0.6) is 0 Å². The molecule has 1 aliphatic heterocycles. The second-order valence-corrected chi connectivity index (χ2v) is 4.49. The van der Waals surface area contributed by atoms with E-state index in [-0.39, 0.29) is 6.61 Å². The third kappa shape index (κ3) is 2.53. The largest absolute Gasteiger partial charge is 0.480 e. The minimum absolute atomic E-state index is 0.210. The summed E-state index contributed by atoms with van der Waals surface area (Å²) < 4.78 is 5.21. The first kappa shape index (κ1) is 12.2. The maximum Gasteiger partial charge on any atom is 0.328 e. The van der Waals surface area contributed by atoms with Crippen molar-refractivity contribution in [3.05, 3.63) is 28.8 Å². The van der Waals surface area contributed by atoms with E-state index in [4.69, 9.17) is 16.3 Å². The molecule has 0 aromatic heterocycles. The number of carboxylic acid groups (broad SMARTS) is 1. The Kier molecular flexibility index (Phi) is 3.54. The Bertz CT molecular complexity index is 436. The first-order chi connectivity index (χ1) is 8.09. The molecule has 1 N–H and O–H groups in total. The molecule has 1 saturated heterocycles. The predicted molar refractivity (Wildman–Crippen MR) is 65.8 cm³/mol. The maximum absolute atomic E-state index is 11.2. The minimum Gasteiger partial charge on any atom is -0.480 e. The average molecular weight is 256 g/mol. The van der Waals surface area contributed by atoms with Crippen LogP contribution in [0.15, 0.2) is 18.2 Å². The summed E-state index contributed by atoms with van der Waals surface area (Å²) >= 11 is 5.96. The molecule has 0 spiro atoms. The van der Waals surface area contributed by atoms with E-state index in [9.17, 15) is 9.90 Å². The van der Waals surface area contributed by atoms with Crippen LogP contribution in [-0.4, -0.2) is 36.9 Å². The van der Waals surface area contributed by atoms with Gasteiger partial charge < -0.3 is 14.7 Å². The van der Waals surface area contributed by atoms with Crippen molar-refractivity contribution in [3.63, 3.8) is 0 Å². The number of carbonyl (C=O) groups is 1. The highest BCUT2D eigenvalue weighted by Gasteiger charge is 2.30. The second kappa shape index (κ2) is 4.94. The highest BCUT2D eigenvalue weighted by Crippen LogP contribution is 2.27. The summed E-state index contributed by atoms with van der Waals surface area (Å²) in [6.07, 6.45) is 0. The molecule has 5 heteroatoms. The number of halogens is 1. The summed E-state index contributed by atoms with van der Waals surface area (Å²) in [6, 6.07) is 4.86. The van der Waals surface area contributed by atoms with Crippen molar-refractivity contribution in [1.82, 2.24) is 0 Å². The van der Waals surface area contributed by atoms with Crippen molar-refractivity contribution in [2.45, 2.75) is 13.0 Å². The third-order valence-electron chi connectivity index (χ3n) is 2.89. The van der Waals surface area contributed by atoms with Crippen LogP contribution in [0.1, 0.15) is 5.56 Å². The lowest BCUT2D eigenvalue weighted by atomic mass is 10.1. The molecule has 0 saturated carbocycles. The van der Waals surface area contributed by atoms with Crippen LogP contribution < -0.4 is 4.90 Å². The smallest absolute Gasteiger partial charge is 0.328 e. The number of benzene rings is 1. The summed E-state index contributed by atoms with van der Waals surface area (Å²) in [4.78, 5) is 13.0. The molecule has 1 atom stereocenters. The molecule has 1 aromatic carbocycles. The van der Waals surface area contributed by atoms with Gasteiger partial charge in [0.1, 0.15) is 0 Å². The molecule has 1 fully saturated rings. The monoisotopic (exact) mass is 255 g/mol. The number of nitrogens with zero attached hydrogens (tertiary/aromatic N) is 1. The van der Waals surface area contributed by atoms with Crippen LogP contribution >= 0.6 is 11.6 Å². The summed E-state index contributed by atoms with van der Waals surface area (Å²) in [5.74, 6) is -0.871. The number of aliphatic carboxylic acids is 1. The van der Waals surface area contributed by atoms with E-state index >= 15 is 0 Å². The van der Waals surface area contributed by atoms with Crippen molar-refractivity contribution >= 4 is 23.3 Å². The van der Waals surface area contributed by atoms with Gasteiger partial charge in [0.25, 0.3) is 0 Å². The Balaban J connectivity index is 2.35. The Morgan fingerprint density at radius 3 is 3.06 bits per heavy atom. The molecule has 17 heavy (non-hydrogen) atoms. The van der Waals surface area contributed by atoms with E-state index in [1.165, 1.54) is 0 Å². The molecule has 92 valence electrons. The summed E-state index contributed by atoms with van der Waals surface area (Å²) in [7, 11) is 0. The van der Waals surface area contributed by atoms with Crippen LogP contribution in [0.25, 0.3) is 0 Å². The van der Waals surface area contributed by atoms with Gasteiger partial charge in [-0.25, -0.2) is 4.79 Å². The molecular weight excluding hydrogens is 242 g/mol. The first-order valence-corrected chi connectivity index (χ1v) is 5.81. The lowest BCUT2D eigenvalue weighted by Crippen LogP contribution is -2.50. The predicted octanol–water partition coefficient (Wildman–Crippen LogP) is 1.94. The van der Waals surface area contributed by atoms with E-state index in [0.29, 0.717) is 18.2 Å². The van der Waals surface area contributed by atoms with E-state index in [1.807, 2.05) is 17.9 Å². The molecule has 1 heterocycles. The van der Waals surface area contributed by atoms with Gasteiger partial charge in [-0.15, -0.1) is 0 Å². The molecule has 1 aromatic rings. The number of anilines is 1. The van der Waals surface area contributed by atoms with E-state index < -0.39 is 12.0 Å². The number of morpholine rings is 1. The van der Waals surface area contributed by atoms with Gasteiger partial charge in [-0.3, -0.25) is 0 Å². The normalized spacial score (nSPS) is 20.4. The zero-order valence-electron chi connectivity index (χ0n) is 9.52. The van der Waals surface area contributed by atoms with Crippen molar-refractivity contribution in [2.75, 3.05) is 24.7 Å². The molecule has 1 aliphatic rings. The number of hydrogen-bond acceptors (Lipinski definition) is 3. The number of carboxylic acids is 1. The molecule has 4 nitrogen and oxygen atoms in total. The molecule has 0 aliphatic carbocycles. The topological polar surface area (TPSA) is 49.8 Å². The van der Waals surface area contributed by atoms with Crippen LogP contribution in [0, 0.1) is 6.92 Å². The highest BCUT2D eigenvalue weighted by atomic mass is 35.5. The fourth-order valence-corrected chi connectivity index (χ4v) is 2.15. The van der Waals surface area contributed by atoms with Gasteiger partial charge in [-0.2, -0.15) is 0 Å². The Morgan fingerprint density at radius 2 is 2.35 bits per heavy atom. The maximum atomic E-state index is 11.2. The molecule has 0 amide bonds. The summed E-state index contributed by atoms with van der Waals surface area (Å²) in [5.41, 5.74) is 1.88. The molecular formula is C12H14ClNO3. The average Bonchev–Trinajstić information content (AvgIpc) is 2.32. The second-order valence-electron chi connectivity index (χ2n) is 4.05. The lowest BCUT2D eigenvalue weighted by Gasteiger charge is -2.35. The van der Waals surface area contributed by atoms with Crippen molar-refractivity contribution < 1.29 is 14.6 Å². The Labute approximate surface area is 105 Å². The molecule has 1 unspecified atom stereocenters. The fourth-order valence-electron chi connectivity index (χ4n) is 1.99. The standard InChI is InChI=1S/C12H14ClNO3/c1-8-2-3-9(13)6-10(8)14-4-5-17-7-11(14)12(15)16/h2-3,6,11H,4-5,7H2,1H3,(H,15,16). The molecule has 2 rings (SSSR count). The highest BCUT2D eigenvalue weighted by molar-refractivity contribution is 6.30. The zero-order valence-corrected chi connectivity index (χ0v) is 10.3. The van der Waals surface area contributed by atoms with Crippen molar-refractivity contribution in [2.24, 2.45) is 0 Å². The van der Waals surface area contributed by atoms with Gasteiger partial charge in [0.05, 0.1) is 13.2 Å². The first-order valence-electron chi connectivity index (χ1n) is 5.43. The van der Waals surface area contributed by atoms with E-state index in [0.717, 1.165) is 11.3 Å². The van der Waals surface area contributed by atoms with Crippen molar-refractivity contribution in [1.29, 1.82) is 0 Å². The van der Waals surface area contributed by atoms with Gasteiger partial charge in [0.15, 0.2) is 6.04 Å². The zero-order chi connectivity index (χ0) is 12.4. The summed E-state index contributed by atoms with van der Waals surface area (Å²) in [6.45, 7) is 3.26. The van der Waals surface area contributed by atoms with Gasteiger partial charge in [0, 0.05) is 17.3 Å². The van der Waals surface area contributed by atoms with E-state index in [2.05, 4.69) is 0 Å². The van der Waals surface area contributed by atoms with Gasteiger partial charge in [-0.1, -0.05) is 17.7 Å². The fraction of sp³-hybridized carbons (Fsp3) is 0.417.